The van der Waals surface area contributed by atoms with E-state index < -0.39 is 35.2 Å². The maximum absolute atomic E-state index is 14.0. The molecule has 3 nitrogen and oxygen atoms in total. The largest absolute Gasteiger partial charge is 0.456 e. The molecule has 2 rings (SSSR count). The van der Waals surface area contributed by atoms with E-state index in [9.17, 15) is 31.9 Å². The summed E-state index contributed by atoms with van der Waals surface area (Å²) in [4.78, 5) is 12.2. The molecule has 0 aromatic carbocycles. The Bertz CT molecular complexity index is 526. The quantitative estimate of drug-likeness (QED) is 0.483. The summed E-state index contributed by atoms with van der Waals surface area (Å²) < 4.78 is 70.6. The van der Waals surface area contributed by atoms with Crippen molar-refractivity contribution in [2.45, 2.75) is 57.4 Å². The molecule has 132 valence electrons. The van der Waals surface area contributed by atoms with E-state index in [0.29, 0.717) is 19.8 Å². The highest BCUT2D eigenvalue weighted by Gasteiger charge is 2.69. The summed E-state index contributed by atoms with van der Waals surface area (Å²) in [6.45, 7) is 2.19. The summed E-state index contributed by atoms with van der Waals surface area (Å²) in [6, 6.07) is 0. The van der Waals surface area contributed by atoms with E-state index in [1.807, 2.05) is 12.2 Å². The zero-order valence-corrected chi connectivity index (χ0v) is 13.0. The molecule has 1 fully saturated rings. The van der Waals surface area contributed by atoms with Crippen LogP contribution in [0.4, 0.5) is 22.0 Å². The summed E-state index contributed by atoms with van der Waals surface area (Å²) in [5.74, 6) is -5.64. The molecule has 23 heavy (non-hydrogen) atoms. The van der Waals surface area contributed by atoms with Gasteiger partial charge in [-0.2, -0.15) is 22.0 Å². The van der Waals surface area contributed by atoms with E-state index in [0.717, 1.165) is 0 Å². The lowest BCUT2D eigenvalue weighted by Crippen LogP contribution is -2.62. The SMILES string of the molecule is CC(OC(=O)C1(C)CC2C=CC1C2)C(F)(F)C(C)(O)C(F)(F)F. The van der Waals surface area contributed by atoms with Gasteiger partial charge in [0.15, 0.2) is 6.10 Å². The third-order valence-electron chi connectivity index (χ3n) is 5.14. The van der Waals surface area contributed by atoms with Crippen LogP contribution >= 0.6 is 0 Å². The predicted molar refractivity (Wildman–Crippen MR) is 70.6 cm³/mol. The number of carbonyl (C=O) groups is 1. The number of rotatable bonds is 4. The van der Waals surface area contributed by atoms with Crippen molar-refractivity contribution in [2.75, 3.05) is 0 Å². The number of esters is 1. The van der Waals surface area contributed by atoms with Crippen molar-refractivity contribution in [3.63, 3.8) is 0 Å². The lowest BCUT2D eigenvalue weighted by Gasteiger charge is -2.38. The van der Waals surface area contributed by atoms with Crippen molar-refractivity contribution in [2.24, 2.45) is 17.3 Å². The van der Waals surface area contributed by atoms with Crippen LogP contribution in [0, 0.1) is 17.3 Å². The van der Waals surface area contributed by atoms with Gasteiger partial charge in [-0.3, -0.25) is 4.79 Å². The standard InChI is InChI=1S/C15H19F5O3/c1-8(14(16,17)13(3,22)15(18,19)20)23-11(21)12(2)7-9-4-5-10(12)6-9/h4-5,8-10,22H,6-7H2,1-3H3. The van der Waals surface area contributed by atoms with Gasteiger partial charge in [-0.1, -0.05) is 12.2 Å². The van der Waals surface area contributed by atoms with Crippen LogP contribution in [-0.2, 0) is 9.53 Å². The molecule has 0 spiro atoms. The molecule has 0 aromatic heterocycles. The van der Waals surface area contributed by atoms with Crippen LogP contribution in [-0.4, -0.2) is 34.9 Å². The number of alkyl halides is 5. The average Bonchev–Trinajstić information content (AvgIpc) is 2.97. The number of hydrogen-bond donors (Lipinski definition) is 1. The topological polar surface area (TPSA) is 46.5 Å². The van der Waals surface area contributed by atoms with E-state index in [1.54, 1.807) is 6.92 Å². The first-order chi connectivity index (χ1) is 10.2. The summed E-state index contributed by atoms with van der Waals surface area (Å²) >= 11 is 0. The van der Waals surface area contributed by atoms with Crippen molar-refractivity contribution in [3.8, 4) is 0 Å². The first-order valence-corrected chi connectivity index (χ1v) is 7.30. The third-order valence-corrected chi connectivity index (χ3v) is 5.14. The summed E-state index contributed by atoms with van der Waals surface area (Å²) in [6.07, 6.45) is -3.10. The molecule has 0 aromatic rings. The van der Waals surface area contributed by atoms with Crippen molar-refractivity contribution in [1.29, 1.82) is 0 Å². The van der Waals surface area contributed by atoms with Crippen LogP contribution in [0.2, 0.25) is 0 Å². The lowest BCUT2D eigenvalue weighted by atomic mass is 9.77. The molecular weight excluding hydrogens is 323 g/mol. The van der Waals surface area contributed by atoms with Gasteiger partial charge >= 0.3 is 18.1 Å². The number of ether oxygens (including phenoxy) is 1. The van der Waals surface area contributed by atoms with Crippen LogP contribution < -0.4 is 0 Å². The fourth-order valence-electron chi connectivity index (χ4n) is 3.28. The normalized spacial score (nSPS) is 34.3. The molecule has 0 radical (unpaired) electrons. The number of halogens is 5. The second kappa shape index (κ2) is 5.16. The number of fused-ring (bicyclic) bond motifs is 2. The highest BCUT2D eigenvalue weighted by Crippen LogP contribution is 2.53. The molecular formula is C15H19F5O3. The molecule has 0 heterocycles. The van der Waals surface area contributed by atoms with E-state index in [2.05, 4.69) is 4.74 Å². The molecule has 2 aliphatic carbocycles. The third kappa shape index (κ3) is 2.64. The minimum absolute atomic E-state index is 0.0285. The van der Waals surface area contributed by atoms with E-state index in [1.165, 1.54) is 0 Å². The van der Waals surface area contributed by atoms with Gasteiger partial charge in [0, 0.05) is 0 Å². The van der Waals surface area contributed by atoms with Crippen LogP contribution in [0.15, 0.2) is 12.2 Å². The first-order valence-electron chi connectivity index (χ1n) is 7.30. The van der Waals surface area contributed by atoms with Crippen LogP contribution in [0.1, 0.15) is 33.6 Å². The van der Waals surface area contributed by atoms with Gasteiger partial charge in [0.1, 0.15) is 0 Å². The second-order valence-electron chi connectivity index (χ2n) is 6.85. The lowest BCUT2D eigenvalue weighted by molar-refractivity contribution is -0.341. The Balaban J connectivity index is 2.14. The van der Waals surface area contributed by atoms with Crippen LogP contribution in [0.3, 0.4) is 0 Å². The van der Waals surface area contributed by atoms with Crippen molar-refractivity contribution in [1.82, 2.24) is 0 Å². The predicted octanol–water partition coefficient (Wildman–Crippen LogP) is 3.47. The van der Waals surface area contributed by atoms with Crippen molar-refractivity contribution in [3.05, 3.63) is 12.2 Å². The van der Waals surface area contributed by atoms with E-state index in [4.69, 9.17) is 0 Å². The zero-order chi connectivity index (χ0) is 17.8. The molecule has 0 aliphatic heterocycles. The number of allylic oxidation sites excluding steroid dienone is 2. The fourth-order valence-corrected chi connectivity index (χ4v) is 3.28. The van der Waals surface area contributed by atoms with Gasteiger partial charge in [0.25, 0.3) is 0 Å². The first kappa shape index (κ1) is 18.2. The Labute approximate surface area is 130 Å². The Kier molecular flexibility index (Phi) is 4.07. The van der Waals surface area contributed by atoms with Gasteiger partial charge in [-0.05, 0) is 45.4 Å². The monoisotopic (exact) mass is 342 g/mol. The average molecular weight is 342 g/mol. The molecule has 5 atom stereocenters. The minimum Gasteiger partial charge on any atom is -0.456 e. The van der Waals surface area contributed by atoms with Gasteiger partial charge in [-0.15, -0.1) is 0 Å². The Morgan fingerprint density at radius 3 is 2.26 bits per heavy atom. The maximum Gasteiger partial charge on any atom is 0.423 e. The van der Waals surface area contributed by atoms with E-state index in [-0.39, 0.29) is 18.8 Å². The van der Waals surface area contributed by atoms with Gasteiger partial charge < -0.3 is 9.84 Å². The fraction of sp³-hybridized carbons (Fsp3) is 0.800. The molecule has 0 amide bonds. The smallest absolute Gasteiger partial charge is 0.423 e. The highest BCUT2D eigenvalue weighted by atomic mass is 19.4. The van der Waals surface area contributed by atoms with Crippen molar-refractivity contribution < 1.29 is 36.6 Å². The number of carbonyl (C=O) groups excluding carboxylic acids is 1. The van der Waals surface area contributed by atoms with Crippen molar-refractivity contribution >= 4 is 5.97 Å². The molecule has 5 unspecified atom stereocenters. The van der Waals surface area contributed by atoms with Crippen LogP contribution in [0.5, 0.6) is 0 Å². The summed E-state index contributed by atoms with van der Waals surface area (Å²) in [7, 11) is 0. The van der Waals surface area contributed by atoms with Crippen LogP contribution in [0.25, 0.3) is 0 Å². The molecule has 2 aliphatic rings. The Hall–Kier alpha value is -1.18. The Morgan fingerprint density at radius 2 is 1.87 bits per heavy atom. The summed E-state index contributed by atoms with van der Waals surface area (Å²) in [5.41, 5.74) is -5.32. The molecule has 1 N–H and O–H groups in total. The van der Waals surface area contributed by atoms with Gasteiger partial charge in [0.05, 0.1) is 5.41 Å². The van der Waals surface area contributed by atoms with Gasteiger partial charge in [0.2, 0.25) is 5.60 Å². The molecule has 1 saturated carbocycles. The van der Waals surface area contributed by atoms with Gasteiger partial charge in [-0.25, -0.2) is 0 Å². The summed E-state index contributed by atoms with van der Waals surface area (Å²) in [5, 5.41) is 9.22. The highest BCUT2D eigenvalue weighted by molar-refractivity contribution is 5.78. The maximum atomic E-state index is 14.0. The molecule has 2 bridgehead atoms. The zero-order valence-electron chi connectivity index (χ0n) is 13.0. The molecule has 8 heteroatoms. The molecule has 0 saturated heterocycles. The number of aliphatic hydroxyl groups is 1. The second-order valence-corrected chi connectivity index (χ2v) is 6.85. The Morgan fingerprint density at radius 1 is 1.30 bits per heavy atom. The number of hydrogen-bond acceptors (Lipinski definition) is 3. The van der Waals surface area contributed by atoms with E-state index >= 15 is 0 Å². The minimum atomic E-state index is -5.56.